The number of H-pyrrole nitrogens is 2. The maximum Gasteiger partial charge on any atom is 0.272 e. The third-order valence-corrected chi connectivity index (χ3v) is 3.45. The van der Waals surface area contributed by atoms with E-state index in [1.807, 2.05) is 36.4 Å². The molecule has 0 aliphatic rings. The zero-order valence-corrected chi connectivity index (χ0v) is 12.6. The second-order valence-electron chi connectivity index (χ2n) is 5.17. The summed E-state index contributed by atoms with van der Waals surface area (Å²) in [5.74, 6) is 0. The smallest absolute Gasteiger partial charge is 0.272 e. The summed E-state index contributed by atoms with van der Waals surface area (Å²) in [4.78, 5) is 29.5. The van der Waals surface area contributed by atoms with Crippen LogP contribution in [0.15, 0.2) is 64.2 Å². The fourth-order valence-corrected chi connectivity index (χ4v) is 2.23. The average molecular weight is 315 g/mol. The van der Waals surface area contributed by atoms with Crippen molar-refractivity contribution in [2.75, 3.05) is 0 Å². The van der Waals surface area contributed by atoms with Gasteiger partial charge >= 0.3 is 0 Å². The van der Waals surface area contributed by atoms with E-state index in [-0.39, 0.29) is 21.8 Å². The van der Waals surface area contributed by atoms with Gasteiger partial charge in [0.05, 0.1) is 11.6 Å². The van der Waals surface area contributed by atoms with Crippen LogP contribution in [0.4, 0.5) is 0 Å². The molecule has 0 bridgehead atoms. The molecular formula is C19H13N3O2. The zero-order valence-electron chi connectivity index (χ0n) is 12.6. The fourth-order valence-electron chi connectivity index (χ4n) is 2.23. The van der Waals surface area contributed by atoms with Crippen molar-refractivity contribution in [3.63, 3.8) is 0 Å². The molecule has 0 saturated carbocycles. The van der Waals surface area contributed by atoms with E-state index >= 15 is 0 Å². The van der Waals surface area contributed by atoms with E-state index in [9.17, 15) is 9.59 Å². The predicted molar refractivity (Wildman–Crippen MR) is 91.7 cm³/mol. The Morgan fingerprint density at radius 1 is 0.750 bits per heavy atom. The fraction of sp³-hybridized carbons (Fsp3) is 0. The molecule has 0 unspecified atom stereocenters. The van der Waals surface area contributed by atoms with E-state index in [1.165, 1.54) is 0 Å². The van der Waals surface area contributed by atoms with Gasteiger partial charge in [-0.3, -0.25) is 9.59 Å². The molecule has 1 heterocycles. The average Bonchev–Trinajstić information content (AvgIpc) is 2.61. The number of benzene rings is 2. The summed E-state index contributed by atoms with van der Waals surface area (Å²) in [6, 6.07) is 18.0. The second kappa shape index (κ2) is 6.63. The first-order valence-corrected chi connectivity index (χ1v) is 7.27. The van der Waals surface area contributed by atoms with Gasteiger partial charge in [-0.1, -0.05) is 42.5 Å². The van der Waals surface area contributed by atoms with Gasteiger partial charge in [-0.2, -0.15) is 5.26 Å². The third-order valence-electron chi connectivity index (χ3n) is 3.45. The Morgan fingerprint density at radius 2 is 1.25 bits per heavy atom. The third kappa shape index (κ3) is 3.39. The molecule has 116 valence electrons. The number of hydrogen-bond acceptors (Lipinski definition) is 3. The molecule has 0 aliphatic heterocycles. The van der Waals surface area contributed by atoms with Gasteiger partial charge in [-0.25, -0.2) is 0 Å². The first-order valence-electron chi connectivity index (χ1n) is 7.27. The van der Waals surface area contributed by atoms with Crippen LogP contribution in [0, 0.1) is 11.3 Å². The summed E-state index contributed by atoms with van der Waals surface area (Å²) in [7, 11) is 0. The number of nitrogens with one attached hydrogen (secondary N) is 2. The van der Waals surface area contributed by atoms with E-state index < -0.39 is 0 Å². The van der Waals surface area contributed by atoms with E-state index in [1.54, 1.807) is 36.4 Å². The van der Waals surface area contributed by atoms with Gasteiger partial charge in [0.1, 0.15) is 10.7 Å². The van der Waals surface area contributed by atoms with E-state index in [0.29, 0.717) is 5.56 Å². The lowest BCUT2D eigenvalue weighted by atomic mass is 10.1. The van der Waals surface area contributed by atoms with Crippen molar-refractivity contribution in [3.8, 4) is 6.07 Å². The molecule has 0 amide bonds. The molecule has 0 radical (unpaired) electrons. The minimum atomic E-state index is -0.388. The van der Waals surface area contributed by atoms with Gasteiger partial charge in [0, 0.05) is 0 Å². The van der Waals surface area contributed by atoms with E-state index in [4.69, 9.17) is 5.26 Å². The molecule has 2 N–H and O–H groups in total. The van der Waals surface area contributed by atoms with Gasteiger partial charge in [0.15, 0.2) is 0 Å². The lowest BCUT2D eigenvalue weighted by Gasteiger charge is -1.95. The first-order chi connectivity index (χ1) is 11.7. The number of hydrogen-bond donors (Lipinski definition) is 2. The molecule has 0 fully saturated rings. The lowest BCUT2D eigenvalue weighted by molar-refractivity contribution is 1.00. The summed E-state index contributed by atoms with van der Waals surface area (Å²) in [5, 5.41) is 9.14. The van der Waals surface area contributed by atoms with Crippen LogP contribution in [-0.4, -0.2) is 9.97 Å². The highest BCUT2D eigenvalue weighted by atomic mass is 16.1. The van der Waals surface area contributed by atoms with Crippen molar-refractivity contribution in [2.24, 2.45) is 0 Å². The monoisotopic (exact) mass is 315 g/mol. The Kier molecular flexibility index (Phi) is 4.21. The Morgan fingerprint density at radius 3 is 1.75 bits per heavy atom. The second-order valence-corrected chi connectivity index (χ2v) is 5.17. The highest BCUT2D eigenvalue weighted by Crippen LogP contribution is 2.03. The van der Waals surface area contributed by atoms with Crippen molar-refractivity contribution in [1.82, 2.24) is 9.97 Å². The van der Waals surface area contributed by atoms with Gasteiger partial charge in [0.25, 0.3) is 11.1 Å². The largest absolute Gasteiger partial charge is 0.316 e. The topological polar surface area (TPSA) is 89.5 Å². The predicted octanol–water partition coefficient (Wildman–Crippen LogP) is 0.592. The molecule has 0 atom stereocenters. The first kappa shape index (κ1) is 15.3. The Balaban J connectivity index is 2.09. The lowest BCUT2D eigenvalue weighted by Crippen LogP contribution is -2.46. The molecular weight excluding hydrogens is 302 g/mol. The highest BCUT2D eigenvalue weighted by Gasteiger charge is 1.97. The zero-order chi connectivity index (χ0) is 16.9. The van der Waals surface area contributed by atoms with Gasteiger partial charge in [-0.15, -0.1) is 0 Å². The molecule has 24 heavy (non-hydrogen) atoms. The van der Waals surface area contributed by atoms with Crippen LogP contribution >= 0.6 is 0 Å². The van der Waals surface area contributed by atoms with Crippen LogP contribution in [-0.2, 0) is 0 Å². The van der Waals surface area contributed by atoms with E-state index in [2.05, 4.69) is 9.97 Å². The van der Waals surface area contributed by atoms with Crippen LogP contribution in [0.5, 0.6) is 0 Å². The SMILES string of the molecule is N#Cc1ccc(/C=c2\[nH]c(=O)/c(=C/c3ccccc3)[nH]c2=O)cc1. The summed E-state index contributed by atoms with van der Waals surface area (Å²) < 4.78 is 0. The molecule has 5 heteroatoms. The van der Waals surface area contributed by atoms with Crippen LogP contribution in [0.1, 0.15) is 16.7 Å². The van der Waals surface area contributed by atoms with Crippen molar-refractivity contribution >= 4 is 12.2 Å². The van der Waals surface area contributed by atoms with E-state index in [0.717, 1.165) is 11.1 Å². The number of aromatic nitrogens is 2. The Hall–Kier alpha value is -3.65. The molecule has 0 spiro atoms. The highest BCUT2D eigenvalue weighted by molar-refractivity contribution is 5.50. The molecule has 2 aromatic carbocycles. The minimum Gasteiger partial charge on any atom is -0.316 e. The Bertz CT molecular complexity index is 1130. The van der Waals surface area contributed by atoms with Crippen LogP contribution in [0.2, 0.25) is 0 Å². The van der Waals surface area contributed by atoms with Gasteiger partial charge < -0.3 is 9.97 Å². The van der Waals surface area contributed by atoms with Crippen molar-refractivity contribution in [3.05, 3.63) is 103 Å². The number of aromatic amines is 2. The normalized spacial score (nSPS) is 12.1. The van der Waals surface area contributed by atoms with Crippen molar-refractivity contribution in [1.29, 1.82) is 5.26 Å². The van der Waals surface area contributed by atoms with Gasteiger partial charge in [0.2, 0.25) is 0 Å². The molecule has 3 aromatic rings. The van der Waals surface area contributed by atoms with Gasteiger partial charge in [-0.05, 0) is 35.4 Å². The molecule has 1 aromatic heterocycles. The van der Waals surface area contributed by atoms with Crippen molar-refractivity contribution in [2.45, 2.75) is 0 Å². The quantitative estimate of drug-likeness (QED) is 0.725. The molecule has 0 saturated heterocycles. The summed E-state index contributed by atoms with van der Waals surface area (Å²) in [6.45, 7) is 0. The minimum absolute atomic E-state index is 0.162. The number of rotatable bonds is 2. The summed E-state index contributed by atoms with van der Waals surface area (Å²) >= 11 is 0. The number of nitrogens with zero attached hydrogens (tertiary/aromatic N) is 1. The molecule has 0 aliphatic carbocycles. The Labute approximate surface area is 136 Å². The summed E-state index contributed by atoms with van der Waals surface area (Å²) in [6.07, 6.45) is 3.18. The standard InChI is InChI=1S/C19H13N3O2/c20-12-15-8-6-14(7-9-15)11-17-19(24)21-16(18(23)22-17)10-13-4-2-1-3-5-13/h1-11H,(H,21,24)(H,22,23)/b16-10-,17-11-. The maximum atomic E-state index is 12.2. The van der Waals surface area contributed by atoms with Crippen LogP contribution < -0.4 is 21.8 Å². The maximum absolute atomic E-state index is 12.2. The summed E-state index contributed by atoms with van der Waals surface area (Å²) in [5.41, 5.74) is 1.30. The van der Waals surface area contributed by atoms with Crippen LogP contribution in [0.3, 0.4) is 0 Å². The van der Waals surface area contributed by atoms with Crippen LogP contribution in [0.25, 0.3) is 12.2 Å². The number of nitriles is 1. The van der Waals surface area contributed by atoms with Crippen molar-refractivity contribution < 1.29 is 0 Å². The molecule has 5 nitrogen and oxygen atoms in total. The molecule has 3 rings (SSSR count).